The van der Waals surface area contributed by atoms with E-state index in [0.717, 1.165) is 6.07 Å². The molecule has 0 unspecified atom stereocenters. The molecule has 0 bridgehead atoms. The summed E-state index contributed by atoms with van der Waals surface area (Å²) in [7, 11) is 0. The highest BCUT2D eigenvalue weighted by Gasteiger charge is 2.14. The van der Waals surface area contributed by atoms with E-state index in [1.165, 1.54) is 44.2 Å². The summed E-state index contributed by atoms with van der Waals surface area (Å²) in [4.78, 5) is 10.7. The quantitative estimate of drug-likeness (QED) is 0.885. The number of aromatic carboxylic acids is 1. The fourth-order valence-electron chi connectivity index (χ4n) is 2.49. The van der Waals surface area contributed by atoms with Crippen molar-refractivity contribution in [1.82, 2.24) is 0 Å². The number of carboxylic acids is 1. The Morgan fingerprint density at radius 3 is 2.68 bits per heavy atom. The fraction of sp³-hybridized carbons (Fsp3) is 0.533. The number of carbonyl (C=O) groups is 1. The van der Waals surface area contributed by atoms with E-state index in [-0.39, 0.29) is 12.2 Å². The van der Waals surface area contributed by atoms with Crippen molar-refractivity contribution in [3.05, 3.63) is 35.1 Å². The minimum Gasteiger partial charge on any atom is -0.478 e. The maximum absolute atomic E-state index is 13.6. The minimum atomic E-state index is -1.12. The van der Waals surface area contributed by atoms with Crippen molar-refractivity contribution in [3.63, 3.8) is 0 Å². The van der Waals surface area contributed by atoms with Crippen LogP contribution in [0.15, 0.2) is 18.2 Å². The molecule has 1 N–H and O–H groups in total. The Morgan fingerprint density at radius 2 is 2.05 bits per heavy atom. The van der Waals surface area contributed by atoms with Gasteiger partial charge in [-0.2, -0.15) is 0 Å². The molecule has 1 fully saturated rings. The van der Waals surface area contributed by atoms with Gasteiger partial charge in [0.2, 0.25) is 0 Å². The maximum Gasteiger partial charge on any atom is 0.335 e. The molecular formula is C15H19FO3. The molecule has 0 saturated heterocycles. The average Bonchev–Trinajstić information content (AvgIpc) is 2.41. The number of benzene rings is 1. The van der Waals surface area contributed by atoms with Gasteiger partial charge in [0.15, 0.2) is 0 Å². The Hall–Kier alpha value is -1.42. The van der Waals surface area contributed by atoms with Crippen LogP contribution in [0, 0.1) is 11.7 Å². The zero-order valence-electron chi connectivity index (χ0n) is 10.9. The lowest BCUT2D eigenvalue weighted by Crippen LogP contribution is -2.13. The van der Waals surface area contributed by atoms with E-state index >= 15 is 0 Å². The van der Waals surface area contributed by atoms with Crippen molar-refractivity contribution in [2.24, 2.45) is 5.92 Å². The van der Waals surface area contributed by atoms with Crippen LogP contribution in [-0.4, -0.2) is 17.7 Å². The first kappa shape index (κ1) is 14.0. The smallest absolute Gasteiger partial charge is 0.335 e. The molecule has 1 aromatic carbocycles. The minimum absolute atomic E-state index is 0.0338. The Morgan fingerprint density at radius 1 is 1.32 bits per heavy atom. The topological polar surface area (TPSA) is 46.5 Å². The highest BCUT2D eigenvalue weighted by atomic mass is 19.1. The highest BCUT2D eigenvalue weighted by molar-refractivity contribution is 5.87. The first-order valence-electron chi connectivity index (χ1n) is 6.76. The number of ether oxygens (including phenoxy) is 1. The summed E-state index contributed by atoms with van der Waals surface area (Å²) in [5.74, 6) is -1.03. The van der Waals surface area contributed by atoms with E-state index in [1.807, 2.05) is 0 Å². The normalized spacial score (nSPS) is 16.5. The lowest BCUT2D eigenvalue weighted by Gasteiger charge is -2.21. The Kier molecular flexibility index (Phi) is 4.91. The molecule has 1 aliphatic carbocycles. The zero-order chi connectivity index (χ0) is 13.7. The molecule has 0 spiro atoms. The van der Waals surface area contributed by atoms with Crippen LogP contribution in [0.2, 0.25) is 0 Å². The van der Waals surface area contributed by atoms with E-state index in [0.29, 0.717) is 18.1 Å². The second-order valence-corrected chi connectivity index (χ2v) is 5.13. The van der Waals surface area contributed by atoms with Crippen molar-refractivity contribution in [3.8, 4) is 0 Å². The molecule has 0 aromatic heterocycles. The Labute approximate surface area is 112 Å². The molecule has 2 rings (SSSR count). The van der Waals surface area contributed by atoms with Gasteiger partial charge in [-0.3, -0.25) is 0 Å². The van der Waals surface area contributed by atoms with Gasteiger partial charge in [-0.05, 0) is 30.9 Å². The van der Waals surface area contributed by atoms with E-state index in [9.17, 15) is 9.18 Å². The van der Waals surface area contributed by atoms with Crippen molar-refractivity contribution in [2.75, 3.05) is 6.61 Å². The largest absolute Gasteiger partial charge is 0.478 e. The van der Waals surface area contributed by atoms with Crippen LogP contribution in [-0.2, 0) is 11.3 Å². The first-order chi connectivity index (χ1) is 9.16. The standard InChI is InChI=1S/C15H19FO3/c16-14-8-12(15(17)18)6-7-13(14)10-19-9-11-4-2-1-3-5-11/h6-8,11H,1-5,9-10H2,(H,17,18). The van der Waals surface area contributed by atoms with Crippen LogP contribution < -0.4 is 0 Å². The third kappa shape index (κ3) is 4.03. The number of hydrogen-bond donors (Lipinski definition) is 1. The maximum atomic E-state index is 13.6. The monoisotopic (exact) mass is 266 g/mol. The molecule has 19 heavy (non-hydrogen) atoms. The Bertz CT molecular complexity index is 439. The molecule has 0 radical (unpaired) electrons. The molecule has 4 heteroatoms. The van der Waals surface area contributed by atoms with Crippen LogP contribution >= 0.6 is 0 Å². The summed E-state index contributed by atoms with van der Waals surface area (Å²) in [6.07, 6.45) is 6.22. The van der Waals surface area contributed by atoms with E-state index in [2.05, 4.69) is 0 Å². The molecule has 1 saturated carbocycles. The van der Waals surface area contributed by atoms with Crippen molar-refractivity contribution in [1.29, 1.82) is 0 Å². The molecule has 0 amide bonds. The Balaban J connectivity index is 1.83. The zero-order valence-corrected chi connectivity index (χ0v) is 10.9. The van der Waals surface area contributed by atoms with Gasteiger partial charge >= 0.3 is 5.97 Å². The molecule has 0 heterocycles. The lowest BCUT2D eigenvalue weighted by atomic mass is 9.90. The van der Waals surface area contributed by atoms with Crippen LogP contribution in [0.25, 0.3) is 0 Å². The third-order valence-corrected chi connectivity index (χ3v) is 3.64. The summed E-state index contributed by atoms with van der Waals surface area (Å²) in [6.45, 7) is 0.877. The lowest BCUT2D eigenvalue weighted by molar-refractivity contribution is 0.0691. The van der Waals surface area contributed by atoms with Gasteiger partial charge in [0, 0.05) is 12.2 Å². The van der Waals surface area contributed by atoms with Gasteiger partial charge < -0.3 is 9.84 Å². The molecule has 1 aliphatic rings. The third-order valence-electron chi connectivity index (χ3n) is 3.64. The molecule has 0 atom stereocenters. The fourth-order valence-corrected chi connectivity index (χ4v) is 2.49. The van der Waals surface area contributed by atoms with Crippen LogP contribution in [0.1, 0.15) is 48.0 Å². The summed E-state index contributed by atoms with van der Waals surface area (Å²) in [6, 6.07) is 3.94. The average molecular weight is 266 g/mol. The second-order valence-electron chi connectivity index (χ2n) is 5.13. The van der Waals surface area contributed by atoms with Gasteiger partial charge in [0.1, 0.15) is 5.82 Å². The molecular weight excluding hydrogens is 247 g/mol. The molecule has 104 valence electrons. The van der Waals surface area contributed by atoms with Crippen LogP contribution in [0.5, 0.6) is 0 Å². The number of hydrogen-bond acceptors (Lipinski definition) is 2. The first-order valence-corrected chi connectivity index (χ1v) is 6.76. The van der Waals surface area contributed by atoms with Crippen molar-refractivity contribution >= 4 is 5.97 Å². The molecule has 1 aromatic rings. The number of carboxylic acid groups (broad SMARTS) is 1. The van der Waals surface area contributed by atoms with Crippen molar-refractivity contribution in [2.45, 2.75) is 38.7 Å². The van der Waals surface area contributed by atoms with Gasteiger partial charge in [0.05, 0.1) is 12.2 Å². The second kappa shape index (κ2) is 6.66. The van der Waals surface area contributed by atoms with Gasteiger partial charge in [-0.1, -0.05) is 25.3 Å². The number of halogens is 1. The van der Waals surface area contributed by atoms with Gasteiger partial charge in [0.25, 0.3) is 0 Å². The van der Waals surface area contributed by atoms with Crippen LogP contribution in [0.3, 0.4) is 0 Å². The van der Waals surface area contributed by atoms with E-state index in [4.69, 9.17) is 9.84 Å². The predicted octanol–water partition coefficient (Wildman–Crippen LogP) is 3.62. The van der Waals surface area contributed by atoms with E-state index in [1.54, 1.807) is 0 Å². The summed E-state index contributed by atoms with van der Waals surface area (Å²) in [5, 5.41) is 8.75. The van der Waals surface area contributed by atoms with Gasteiger partial charge in [-0.25, -0.2) is 9.18 Å². The molecule has 3 nitrogen and oxygen atoms in total. The summed E-state index contributed by atoms with van der Waals surface area (Å²) >= 11 is 0. The van der Waals surface area contributed by atoms with Gasteiger partial charge in [-0.15, -0.1) is 0 Å². The van der Waals surface area contributed by atoms with Crippen molar-refractivity contribution < 1.29 is 19.0 Å². The van der Waals surface area contributed by atoms with E-state index < -0.39 is 11.8 Å². The molecule has 0 aliphatic heterocycles. The highest BCUT2D eigenvalue weighted by Crippen LogP contribution is 2.24. The van der Waals surface area contributed by atoms with Crippen LogP contribution in [0.4, 0.5) is 4.39 Å². The summed E-state index contributed by atoms with van der Waals surface area (Å²) in [5.41, 5.74) is 0.384. The summed E-state index contributed by atoms with van der Waals surface area (Å²) < 4.78 is 19.2. The predicted molar refractivity (Wildman–Crippen MR) is 69.6 cm³/mol. The SMILES string of the molecule is O=C(O)c1ccc(COCC2CCCCC2)c(F)c1. The number of rotatable bonds is 5.